The highest BCUT2D eigenvalue weighted by Crippen LogP contribution is 2.38. The molecule has 2 amide bonds. The van der Waals surface area contributed by atoms with Crippen LogP contribution in [-0.2, 0) is 4.79 Å². The van der Waals surface area contributed by atoms with Gasteiger partial charge in [-0.1, -0.05) is 6.92 Å². The SMILES string of the molecule is CCCNC(=O)CCCOc1cc2c(cc1OC)C(=O)N1CCC[C@H]1C=N2. The molecule has 1 atom stereocenters. The normalized spacial score (nSPS) is 17.9. The summed E-state index contributed by atoms with van der Waals surface area (Å²) in [7, 11) is 1.55. The Kier molecular flexibility index (Phi) is 6.32. The molecule has 0 unspecified atom stereocenters. The summed E-state index contributed by atoms with van der Waals surface area (Å²) >= 11 is 0. The van der Waals surface area contributed by atoms with E-state index in [0.29, 0.717) is 48.7 Å². The molecule has 2 heterocycles. The van der Waals surface area contributed by atoms with Gasteiger partial charge in [0.05, 0.1) is 31.0 Å². The second-order valence-corrected chi connectivity index (χ2v) is 6.81. The largest absolute Gasteiger partial charge is 0.493 e. The zero-order valence-corrected chi connectivity index (χ0v) is 16.0. The van der Waals surface area contributed by atoms with Crippen LogP contribution in [0.15, 0.2) is 17.1 Å². The fraction of sp³-hybridized carbons (Fsp3) is 0.550. The zero-order chi connectivity index (χ0) is 19.2. The number of methoxy groups -OCH3 is 1. The van der Waals surface area contributed by atoms with E-state index < -0.39 is 0 Å². The molecule has 0 radical (unpaired) electrons. The van der Waals surface area contributed by atoms with Gasteiger partial charge < -0.3 is 19.7 Å². The molecule has 2 aliphatic heterocycles. The molecule has 0 saturated carbocycles. The van der Waals surface area contributed by atoms with Crippen LogP contribution in [0.5, 0.6) is 11.5 Å². The summed E-state index contributed by atoms with van der Waals surface area (Å²) < 4.78 is 11.2. The minimum Gasteiger partial charge on any atom is -0.493 e. The molecule has 7 heteroatoms. The Bertz CT molecular complexity index is 732. The standard InChI is InChI=1S/C20H27N3O4/c1-3-8-21-19(24)7-5-10-27-18-12-16-15(11-17(18)26-2)20(25)23-9-4-6-14(23)13-22-16/h11-14H,3-10H2,1-2H3,(H,21,24)/t14-/m0/s1. The number of nitrogens with zero attached hydrogens (tertiary/aromatic N) is 2. The molecule has 1 fully saturated rings. The van der Waals surface area contributed by atoms with Gasteiger partial charge in [0.15, 0.2) is 11.5 Å². The van der Waals surface area contributed by atoms with Crippen molar-refractivity contribution in [2.75, 3.05) is 26.8 Å². The van der Waals surface area contributed by atoms with Gasteiger partial charge >= 0.3 is 0 Å². The smallest absolute Gasteiger partial charge is 0.256 e. The van der Waals surface area contributed by atoms with E-state index in [4.69, 9.17) is 9.47 Å². The molecule has 0 bridgehead atoms. The van der Waals surface area contributed by atoms with Crippen LogP contribution < -0.4 is 14.8 Å². The predicted molar refractivity (Wildman–Crippen MR) is 103 cm³/mol. The third-order valence-corrected chi connectivity index (χ3v) is 4.84. The molecule has 0 spiro atoms. The first-order valence-electron chi connectivity index (χ1n) is 9.60. The van der Waals surface area contributed by atoms with Gasteiger partial charge in [-0.2, -0.15) is 0 Å². The van der Waals surface area contributed by atoms with Crippen molar-refractivity contribution >= 4 is 23.7 Å². The summed E-state index contributed by atoms with van der Waals surface area (Å²) in [6.45, 7) is 3.87. The van der Waals surface area contributed by atoms with Crippen LogP contribution in [0.1, 0.15) is 49.4 Å². The summed E-state index contributed by atoms with van der Waals surface area (Å²) in [5.74, 6) is 1.06. The number of rotatable bonds is 8. The van der Waals surface area contributed by atoms with Gasteiger partial charge in [0.2, 0.25) is 5.91 Å². The molecule has 3 rings (SSSR count). The average molecular weight is 373 g/mol. The molecule has 146 valence electrons. The molecule has 0 aliphatic carbocycles. The lowest BCUT2D eigenvalue weighted by molar-refractivity contribution is -0.121. The molecular weight excluding hydrogens is 346 g/mol. The minimum atomic E-state index is -0.0116. The monoisotopic (exact) mass is 373 g/mol. The summed E-state index contributed by atoms with van der Waals surface area (Å²) in [5.41, 5.74) is 1.14. The molecule has 7 nitrogen and oxygen atoms in total. The number of carbonyl (C=O) groups is 2. The van der Waals surface area contributed by atoms with E-state index in [1.54, 1.807) is 19.2 Å². The van der Waals surface area contributed by atoms with E-state index in [1.807, 2.05) is 18.0 Å². The van der Waals surface area contributed by atoms with Crippen molar-refractivity contribution in [1.29, 1.82) is 0 Å². The Labute approximate surface area is 159 Å². The predicted octanol–water partition coefficient (Wildman–Crippen LogP) is 2.70. The van der Waals surface area contributed by atoms with Crippen molar-refractivity contribution in [1.82, 2.24) is 10.2 Å². The number of fused-ring (bicyclic) bond motifs is 2. The van der Waals surface area contributed by atoms with Gasteiger partial charge in [-0.05, 0) is 31.7 Å². The van der Waals surface area contributed by atoms with E-state index in [2.05, 4.69) is 10.3 Å². The Morgan fingerprint density at radius 2 is 2.22 bits per heavy atom. The summed E-state index contributed by atoms with van der Waals surface area (Å²) in [6, 6.07) is 3.53. The van der Waals surface area contributed by atoms with Gasteiger partial charge in [0.25, 0.3) is 5.91 Å². The van der Waals surface area contributed by atoms with E-state index in [0.717, 1.165) is 25.8 Å². The maximum Gasteiger partial charge on any atom is 0.256 e. The highest BCUT2D eigenvalue weighted by Gasteiger charge is 2.32. The first kappa shape index (κ1) is 19.2. The molecule has 1 saturated heterocycles. The minimum absolute atomic E-state index is 0.0116. The van der Waals surface area contributed by atoms with Crippen molar-refractivity contribution < 1.29 is 19.1 Å². The molecule has 1 aromatic rings. The Hall–Kier alpha value is -2.57. The number of ether oxygens (including phenoxy) is 2. The van der Waals surface area contributed by atoms with Gasteiger partial charge in [0.1, 0.15) is 0 Å². The van der Waals surface area contributed by atoms with Crippen molar-refractivity contribution in [3.8, 4) is 11.5 Å². The molecular formula is C20H27N3O4. The lowest BCUT2D eigenvalue weighted by Crippen LogP contribution is -2.35. The van der Waals surface area contributed by atoms with Crippen LogP contribution in [-0.4, -0.2) is 55.8 Å². The maximum atomic E-state index is 12.8. The second-order valence-electron chi connectivity index (χ2n) is 6.81. The molecule has 1 aromatic carbocycles. The van der Waals surface area contributed by atoms with Gasteiger partial charge in [-0.15, -0.1) is 0 Å². The van der Waals surface area contributed by atoms with E-state index in [-0.39, 0.29) is 17.9 Å². The van der Waals surface area contributed by atoms with Crippen molar-refractivity contribution in [2.45, 2.75) is 45.1 Å². The number of hydrogen-bond acceptors (Lipinski definition) is 5. The number of benzene rings is 1. The van der Waals surface area contributed by atoms with Crippen LogP contribution >= 0.6 is 0 Å². The summed E-state index contributed by atoms with van der Waals surface area (Å²) in [6.07, 6.45) is 5.75. The van der Waals surface area contributed by atoms with Crippen LogP contribution in [0.25, 0.3) is 0 Å². The number of nitrogens with one attached hydrogen (secondary N) is 1. The number of hydrogen-bond donors (Lipinski definition) is 1. The Morgan fingerprint density at radius 1 is 1.37 bits per heavy atom. The molecule has 27 heavy (non-hydrogen) atoms. The highest BCUT2D eigenvalue weighted by molar-refractivity contribution is 6.03. The number of aliphatic imine (C=N–C) groups is 1. The van der Waals surface area contributed by atoms with E-state index >= 15 is 0 Å². The Morgan fingerprint density at radius 3 is 3.00 bits per heavy atom. The van der Waals surface area contributed by atoms with E-state index in [9.17, 15) is 9.59 Å². The third-order valence-electron chi connectivity index (χ3n) is 4.84. The molecule has 0 aromatic heterocycles. The lowest BCUT2D eigenvalue weighted by Gasteiger charge is -2.20. The van der Waals surface area contributed by atoms with Crippen molar-refractivity contribution in [3.63, 3.8) is 0 Å². The molecule has 1 N–H and O–H groups in total. The molecule has 2 aliphatic rings. The average Bonchev–Trinajstić information content (AvgIpc) is 3.11. The van der Waals surface area contributed by atoms with Crippen molar-refractivity contribution in [2.24, 2.45) is 4.99 Å². The fourth-order valence-electron chi connectivity index (χ4n) is 3.39. The Balaban J connectivity index is 1.67. The quantitative estimate of drug-likeness (QED) is 0.711. The van der Waals surface area contributed by atoms with Crippen LogP contribution in [0, 0.1) is 0 Å². The topological polar surface area (TPSA) is 80.2 Å². The number of carbonyl (C=O) groups excluding carboxylic acids is 2. The summed E-state index contributed by atoms with van der Waals surface area (Å²) in [4.78, 5) is 30.9. The first-order valence-corrected chi connectivity index (χ1v) is 9.60. The van der Waals surface area contributed by atoms with Gasteiger partial charge in [-0.3, -0.25) is 14.6 Å². The van der Waals surface area contributed by atoms with E-state index in [1.165, 1.54) is 0 Å². The first-order chi connectivity index (χ1) is 13.1. The summed E-state index contributed by atoms with van der Waals surface area (Å²) in [5, 5.41) is 2.85. The third kappa shape index (κ3) is 4.40. The van der Waals surface area contributed by atoms with Crippen molar-refractivity contribution in [3.05, 3.63) is 17.7 Å². The van der Waals surface area contributed by atoms with Crippen LogP contribution in [0.2, 0.25) is 0 Å². The maximum absolute atomic E-state index is 12.8. The number of amides is 2. The lowest BCUT2D eigenvalue weighted by atomic mass is 10.1. The van der Waals surface area contributed by atoms with Crippen LogP contribution in [0.3, 0.4) is 0 Å². The van der Waals surface area contributed by atoms with Gasteiger partial charge in [0, 0.05) is 31.8 Å². The highest BCUT2D eigenvalue weighted by atomic mass is 16.5. The second kappa shape index (κ2) is 8.88. The van der Waals surface area contributed by atoms with Gasteiger partial charge in [-0.25, -0.2) is 0 Å². The zero-order valence-electron chi connectivity index (χ0n) is 16.0. The van der Waals surface area contributed by atoms with Crippen LogP contribution in [0.4, 0.5) is 5.69 Å². The fourth-order valence-corrected chi connectivity index (χ4v) is 3.39.